The van der Waals surface area contributed by atoms with Crippen molar-refractivity contribution in [3.63, 3.8) is 0 Å². The van der Waals surface area contributed by atoms with Gasteiger partial charge in [-0.05, 0) is 37.4 Å². The maximum Gasteiger partial charge on any atom is 0.228 e. The molecule has 0 unspecified atom stereocenters. The molecule has 0 spiro atoms. The molecule has 9 heteroatoms. The summed E-state index contributed by atoms with van der Waals surface area (Å²) in [5.74, 6) is 0.695. The lowest BCUT2D eigenvalue weighted by molar-refractivity contribution is -0.141. The molecule has 1 aliphatic heterocycles. The third kappa shape index (κ3) is 7.39. The largest absolute Gasteiger partial charge is 0.382 e. The van der Waals surface area contributed by atoms with Crippen LogP contribution in [0.5, 0.6) is 0 Å². The van der Waals surface area contributed by atoms with Crippen molar-refractivity contribution in [2.75, 3.05) is 12.3 Å². The van der Waals surface area contributed by atoms with Gasteiger partial charge in [-0.25, -0.2) is 4.68 Å². The molecule has 0 atom stereocenters. The number of rotatable bonds is 12. The number of nitrogen functional groups attached to an aromatic ring is 1. The highest BCUT2D eigenvalue weighted by molar-refractivity contribution is 9.10. The molecule has 2 N–H and O–H groups in total. The Bertz CT molecular complexity index is 986. The zero-order valence-corrected chi connectivity index (χ0v) is 23.9. The fourth-order valence-corrected chi connectivity index (χ4v) is 5.42. The predicted octanol–water partition coefficient (Wildman–Crippen LogP) is 5.61. The molecule has 1 amide bonds. The van der Waals surface area contributed by atoms with E-state index in [0.717, 1.165) is 66.2 Å². The highest BCUT2D eigenvalue weighted by Gasteiger charge is 2.37. The molecule has 3 heterocycles. The second-order valence-corrected chi connectivity index (χ2v) is 17.8. The van der Waals surface area contributed by atoms with E-state index < -0.39 is 13.5 Å². The van der Waals surface area contributed by atoms with Crippen molar-refractivity contribution >= 4 is 35.7 Å². The lowest BCUT2D eigenvalue weighted by Gasteiger charge is -2.29. The number of ether oxygens (including phenoxy) is 1. The van der Waals surface area contributed by atoms with E-state index in [9.17, 15) is 4.79 Å². The summed E-state index contributed by atoms with van der Waals surface area (Å²) in [4.78, 5) is 19.7. The Hall–Kier alpha value is -1.71. The number of amides is 1. The number of aryl methyl sites for hydroxylation is 1. The summed E-state index contributed by atoms with van der Waals surface area (Å²) >= 11 is 3.50. The maximum absolute atomic E-state index is 13.4. The monoisotopic (exact) mass is 549 g/mol. The van der Waals surface area contributed by atoms with Crippen LogP contribution in [0.25, 0.3) is 0 Å². The van der Waals surface area contributed by atoms with Gasteiger partial charge in [0, 0.05) is 42.0 Å². The molecule has 0 aromatic carbocycles. The second kappa shape index (κ2) is 11.3. The van der Waals surface area contributed by atoms with Crippen LogP contribution in [0.2, 0.25) is 25.7 Å². The number of halogens is 1. The molecule has 0 aliphatic carbocycles. The molecule has 0 radical (unpaired) electrons. The molecule has 0 bridgehead atoms. The molecule has 0 saturated heterocycles. The van der Waals surface area contributed by atoms with Crippen LogP contribution in [0.15, 0.2) is 22.8 Å². The molecule has 0 fully saturated rings. The van der Waals surface area contributed by atoms with Crippen molar-refractivity contribution in [1.82, 2.24) is 19.7 Å². The Morgan fingerprint density at radius 1 is 1.24 bits per heavy atom. The first-order valence-corrected chi connectivity index (χ1v) is 16.8. The number of nitrogens with two attached hydrogens (primary N) is 1. The minimum atomic E-state index is -1.13. The van der Waals surface area contributed by atoms with E-state index >= 15 is 0 Å². The fourth-order valence-electron chi connectivity index (χ4n) is 4.28. The molecule has 34 heavy (non-hydrogen) atoms. The average molecular weight is 551 g/mol. The second-order valence-electron chi connectivity index (χ2n) is 11.2. The van der Waals surface area contributed by atoms with Gasteiger partial charge >= 0.3 is 0 Å². The van der Waals surface area contributed by atoms with Crippen LogP contribution in [0.1, 0.15) is 56.5 Å². The minimum absolute atomic E-state index is 0.183. The number of anilines is 1. The summed E-state index contributed by atoms with van der Waals surface area (Å²) < 4.78 is 8.79. The Labute approximate surface area is 213 Å². The predicted molar refractivity (Wildman–Crippen MR) is 143 cm³/mol. The highest BCUT2D eigenvalue weighted by Crippen LogP contribution is 2.33. The number of fused-ring (bicyclic) bond motifs is 1. The summed E-state index contributed by atoms with van der Waals surface area (Å²) in [6.45, 7) is 13.3. The Morgan fingerprint density at radius 3 is 2.71 bits per heavy atom. The van der Waals surface area contributed by atoms with Crippen molar-refractivity contribution < 1.29 is 9.53 Å². The van der Waals surface area contributed by atoms with Crippen molar-refractivity contribution in [2.24, 2.45) is 5.41 Å². The number of carbonyl (C=O) groups is 1. The Balaban J connectivity index is 1.46. The Kier molecular flexibility index (Phi) is 8.97. The fraction of sp³-hybridized carbons (Fsp3) is 0.640. The van der Waals surface area contributed by atoms with Gasteiger partial charge in [0.05, 0.1) is 18.8 Å². The summed E-state index contributed by atoms with van der Waals surface area (Å²) in [7, 11) is -1.13. The van der Waals surface area contributed by atoms with Gasteiger partial charge in [-0.3, -0.25) is 9.78 Å². The van der Waals surface area contributed by atoms with Crippen molar-refractivity contribution in [3.05, 3.63) is 39.8 Å². The molecular weight excluding hydrogens is 510 g/mol. The topological polar surface area (TPSA) is 86.3 Å². The van der Waals surface area contributed by atoms with Gasteiger partial charge in [0.2, 0.25) is 5.91 Å². The SMILES string of the molecule is CC(C)(CCCCCc1cc(Br)ccn1)C(=O)N1Cc2c(N)nn(COCC[Si](C)(C)C)c2C1. The van der Waals surface area contributed by atoms with Crippen LogP contribution in [0.3, 0.4) is 0 Å². The van der Waals surface area contributed by atoms with E-state index in [-0.39, 0.29) is 5.91 Å². The van der Waals surface area contributed by atoms with Crippen LogP contribution in [0, 0.1) is 5.41 Å². The molecule has 2 aromatic heterocycles. The molecule has 188 valence electrons. The lowest BCUT2D eigenvalue weighted by Crippen LogP contribution is -2.38. The van der Waals surface area contributed by atoms with Crippen molar-refractivity contribution in [1.29, 1.82) is 0 Å². The molecular formula is C25H40BrN5O2Si. The van der Waals surface area contributed by atoms with E-state index in [4.69, 9.17) is 10.5 Å². The first kappa shape index (κ1) is 26.9. The van der Waals surface area contributed by atoms with Crippen LogP contribution in [-0.4, -0.2) is 40.3 Å². The van der Waals surface area contributed by atoms with Crippen LogP contribution < -0.4 is 5.73 Å². The molecule has 1 aliphatic rings. The van der Waals surface area contributed by atoms with Crippen molar-refractivity contribution in [2.45, 2.75) is 91.5 Å². The standard InChI is InChI=1S/C25H40BrN5O2Si/c1-25(2,11-8-6-7-9-20-15-19(26)10-12-28-20)24(32)30-16-21-22(17-30)31(29-23(21)27)18-33-13-14-34(3,4)5/h10,12,15H,6-9,11,13-14,16-18H2,1-5H3,(H2,27,29). The van der Waals surface area contributed by atoms with Crippen LogP contribution in [0.4, 0.5) is 5.82 Å². The number of pyridine rings is 1. The molecule has 7 nitrogen and oxygen atoms in total. The number of hydrogen-bond donors (Lipinski definition) is 1. The van der Waals surface area contributed by atoms with Gasteiger partial charge in [-0.2, -0.15) is 5.10 Å². The minimum Gasteiger partial charge on any atom is -0.382 e. The van der Waals surface area contributed by atoms with E-state index in [2.05, 4.69) is 65.6 Å². The summed E-state index contributed by atoms with van der Waals surface area (Å²) in [6, 6.07) is 5.13. The molecule has 3 rings (SSSR count). The number of nitrogens with zero attached hydrogens (tertiary/aromatic N) is 4. The molecule has 2 aromatic rings. The molecule has 0 saturated carbocycles. The average Bonchev–Trinajstić information content (AvgIpc) is 3.30. The number of aromatic nitrogens is 3. The highest BCUT2D eigenvalue weighted by atomic mass is 79.9. The van der Waals surface area contributed by atoms with Gasteiger partial charge in [0.1, 0.15) is 6.73 Å². The normalized spacial score (nSPS) is 14.0. The van der Waals surface area contributed by atoms with Gasteiger partial charge in [-0.15, -0.1) is 0 Å². The number of unbranched alkanes of at least 4 members (excludes halogenated alkanes) is 2. The third-order valence-corrected chi connectivity index (χ3v) is 8.67. The van der Waals surface area contributed by atoms with Gasteiger partial charge in [0.15, 0.2) is 5.82 Å². The first-order chi connectivity index (χ1) is 16.0. The number of carbonyl (C=O) groups excluding carboxylic acids is 1. The zero-order chi connectivity index (χ0) is 24.9. The smallest absolute Gasteiger partial charge is 0.228 e. The quantitative estimate of drug-likeness (QED) is 0.274. The Morgan fingerprint density at radius 2 is 2.00 bits per heavy atom. The first-order valence-electron chi connectivity index (χ1n) is 12.3. The third-order valence-electron chi connectivity index (χ3n) is 6.48. The zero-order valence-electron chi connectivity index (χ0n) is 21.4. The van der Waals surface area contributed by atoms with E-state index in [1.54, 1.807) is 0 Å². The number of hydrogen-bond acceptors (Lipinski definition) is 5. The van der Waals surface area contributed by atoms with E-state index in [1.807, 2.05) is 21.8 Å². The van der Waals surface area contributed by atoms with Crippen molar-refractivity contribution in [3.8, 4) is 0 Å². The van der Waals surface area contributed by atoms with Gasteiger partial charge in [0.25, 0.3) is 0 Å². The lowest BCUT2D eigenvalue weighted by atomic mass is 9.85. The summed E-state index contributed by atoms with van der Waals surface area (Å²) in [5, 5.41) is 4.46. The van der Waals surface area contributed by atoms with E-state index in [0.29, 0.717) is 25.6 Å². The van der Waals surface area contributed by atoms with Crippen LogP contribution >= 0.6 is 15.9 Å². The van der Waals surface area contributed by atoms with Gasteiger partial charge in [-0.1, -0.05) is 62.3 Å². The summed E-state index contributed by atoms with van der Waals surface area (Å²) in [6.07, 6.45) is 6.85. The van der Waals surface area contributed by atoms with E-state index in [1.165, 1.54) is 0 Å². The maximum atomic E-state index is 13.4. The van der Waals surface area contributed by atoms with Gasteiger partial charge < -0.3 is 15.4 Å². The van der Waals surface area contributed by atoms with Crippen LogP contribution in [-0.2, 0) is 35.8 Å². The summed E-state index contributed by atoms with van der Waals surface area (Å²) in [5.41, 5.74) is 8.87.